The first-order valence-corrected chi connectivity index (χ1v) is 12.8. The van der Waals surface area contributed by atoms with Crippen molar-refractivity contribution >= 4 is 21.5 Å². The first-order valence-electron chi connectivity index (χ1n) is 12.8. The molecule has 0 N–H and O–H groups in total. The first-order chi connectivity index (χ1) is 17.3. The molecule has 0 bridgehead atoms. The van der Waals surface area contributed by atoms with Gasteiger partial charge in [0.25, 0.3) is 0 Å². The molecule has 6 rings (SSSR count). The van der Waals surface area contributed by atoms with Gasteiger partial charge in [0.2, 0.25) is 0 Å². The Labute approximate surface area is 240 Å². The van der Waals surface area contributed by atoms with E-state index in [2.05, 4.69) is 139 Å². The summed E-state index contributed by atoms with van der Waals surface area (Å²) in [7, 11) is 0. The Morgan fingerprint density at radius 2 is 0.784 bits per heavy atom. The van der Waals surface area contributed by atoms with Crippen LogP contribution in [0.3, 0.4) is 0 Å². The summed E-state index contributed by atoms with van der Waals surface area (Å²) in [6, 6.07) is 35.7. The molecule has 0 heterocycles. The first kappa shape index (κ1) is 27.0. The van der Waals surface area contributed by atoms with Crippen LogP contribution in [0.25, 0.3) is 43.8 Å². The predicted molar refractivity (Wildman–Crippen MR) is 158 cm³/mol. The summed E-state index contributed by atoms with van der Waals surface area (Å²) >= 11 is 0. The molecule has 0 spiro atoms. The molecule has 0 aliphatic rings. The van der Waals surface area contributed by atoms with Crippen molar-refractivity contribution in [2.24, 2.45) is 0 Å². The molecular weight excluding hydrogens is 524 g/mol. The van der Waals surface area contributed by atoms with Crippen molar-refractivity contribution in [3.63, 3.8) is 0 Å². The van der Waals surface area contributed by atoms with Gasteiger partial charge in [0, 0.05) is 0 Å². The van der Waals surface area contributed by atoms with Crippen LogP contribution in [0.1, 0.15) is 33.4 Å². The van der Waals surface area contributed by atoms with Gasteiger partial charge < -0.3 is 0 Å². The fourth-order valence-corrected chi connectivity index (χ4v) is 5.53. The van der Waals surface area contributed by atoms with Crippen molar-refractivity contribution in [2.75, 3.05) is 0 Å². The minimum Gasteiger partial charge on any atom is -0.165 e. The van der Waals surface area contributed by atoms with Crippen LogP contribution in [-0.2, 0) is 26.2 Å². The van der Waals surface area contributed by atoms with Gasteiger partial charge in [-0.2, -0.15) is 12.1 Å². The SMILES string of the molecule is Cc1cc(C)cc(-c2cccc3[cH-]c(C)cc23)c1.Cc1cc(C)cc(-c2cccc3[cH-]c(C)cc23)c1.[Zr+2]. The van der Waals surface area contributed by atoms with E-state index in [1.54, 1.807) is 0 Å². The van der Waals surface area contributed by atoms with Gasteiger partial charge in [-0.3, -0.25) is 0 Å². The van der Waals surface area contributed by atoms with Crippen molar-refractivity contribution in [1.82, 2.24) is 0 Å². The maximum absolute atomic E-state index is 2.28. The van der Waals surface area contributed by atoms with Crippen molar-refractivity contribution in [3.05, 3.63) is 130 Å². The van der Waals surface area contributed by atoms with Gasteiger partial charge in [0.1, 0.15) is 0 Å². The van der Waals surface area contributed by atoms with E-state index < -0.39 is 0 Å². The Kier molecular flexibility index (Phi) is 8.15. The van der Waals surface area contributed by atoms with E-state index in [1.807, 2.05) is 0 Å². The van der Waals surface area contributed by atoms with E-state index in [9.17, 15) is 0 Å². The van der Waals surface area contributed by atoms with Gasteiger partial charge in [0.15, 0.2) is 0 Å². The van der Waals surface area contributed by atoms with Crippen LogP contribution < -0.4 is 0 Å². The zero-order valence-corrected chi connectivity index (χ0v) is 25.2. The Morgan fingerprint density at radius 1 is 0.432 bits per heavy atom. The minimum absolute atomic E-state index is 0. The van der Waals surface area contributed by atoms with Crippen LogP contribution >= 0.6 is 0 Å². The third-order valence-electron chi connectivity index (χ3n) is 6.86. The van der Waals surface area contributed by atoms with Crippen molar-refractivity contribution in [3.8, 4) is 22.3 Å². The molecule has 6 aromatic rings. The Morgan fingerprint density at radius 3 is 1.14 bits per heavy atom. The van der Waals surface area contributed by atoms with Gasteiger partial charge in [-0.05, 0) is 38.8 Å². The van der Waals surface area contributed by atoms with Crippen LogP contribution in [-0.4, -0.2) is 0 Å². The molecule has 6 aromatic carbocycles. The Balaban J connectivity index is 0.000000168. The Hall–Kier alpha value is -3.02. The van der Waals surface area contributed by atoms with Crippen LogP contribution in [0.4, 0.5) is 0 Å². The van der Waals surface area contributed by atoms with Crippen molar-refractivity contribution in [1.29, 1.82) is 0 Å². The number of rotatable bonds is 2. The Bertz CT molecular complexity index is 1520. The van der Waals surface area contributed by atoms with Gasteiger partial charge in [0.05, 0.1) is 0 Å². The molecule has 0 aliphatic heterocycles. The number of fused-ring (bicyclic) bond motifs is 2. The van der Waals surface area contributed by atoms with Crippen LogP contribution in [0.15, 0.2) is 97.1 Å². The molecule has 37 heavy (non-hydrogen) atoms. The van der Waals surface area contributed by atoms with E-state index in [1.165, 1.54) is 77.2 Å². The predicted octanol–water partition coefficient (Wildman–Crippen LogP) is 10.3. The monoisotopic (exact) mass is 556 g/mol. The smallest absolute Gasteiger partial charge is 0.165 e. The third kappa shape index (κ3) is 5.94. The van der Waals surface area contributed by atoms with E-state index in [0.717, 1.165) is 0 Å². The molecule has 1 heteroatoms. The average Bonchev–Trinajstić information content (AvgIpc) is 3.38. The van der Waals surface area contributed by atoms with Gasteiger partial charge in [-0.25, -0.2) is 0 Å². The topological polar surface area (TPSA) is 0 Å². The molecule has 0 amide bonds. The second kappa shape index (κ2) is 11.2. The molecule has 0 saturated heterocycles. The van der Waals surface area contributed by atoms with Crippen molar-refractivity contribution in [2.45, 2.75) is 41.5 Å². The van der Waals surface area contributed by atoms with Crippen LogP contribution in [0.5, 0.6) is 0 Å². The van der Waals surface area contributed by atoms with E-state index >= 15 is 0 Å². The summed E-state index contributed by atoms with van der Waals surface area (Å²) in [6.07, 6.45) is 0. The number of hydrogen-bond acceptors (Lipinski definition) is 0. The van der Waals surface area contributed by atoms with Gasteiger partial charge in [-0.1, -0.05) is 95.8 Å². The zero-order chi connectivity index (χ0) is 25.4. The van der Waals surface area contributed by atoms with Crippen LogP contribution in [0.2, 0.25) is 0 Å². The van der Waals surface area contributed by atoms with Crippen molar-refractivity contribution < 1.29 is 26.2 Å². The van der Waals surface area contributed by atoms with Gasteiger partial charge >= 0.3 is 26.2 Å². The second-order valence-corrected chi connectivity index (χ2v) is 10.4. The number of benzene rings is 4. The van der Waals surface area contributed by atoms with E-state index in [4.69, 9.17) is 0 Å². The molecule has 0 radical (unpaired) electrons. The molecule has 0 aromatic heterocycles. The molecule has 0 atom stereocenters. The molecule has 0 aliphatic carbocycles. The number of aryl methyl sites for hydroxylation is 6. The molecule has 0 nitrogen and oxygen atoms in total. The molecule has 0 fully saturated rings. The van der Waals surface area contributed by atoms with E-state index in [-0.39, 0.29) is 26.2 Å². The van der Waals surface area contributed by atoms with Crippen LogP contribution in [0, 0.1) is 41.5 Å². The largest absolute Gasteiger partial charge is 2.00 e. The maximum Gasteiger partial charge on any atom is 2.00 e. The summed E-state index contributed by atoms with van der Waals surface area (Å²) in [5, 5.41) is 5.40. The summed E-state index contributed by atoms with van der Waals surface area (Å²) in [5.41, 5.74) is 13.3. The quantitative estimate of drug-likeness (QED) is 0.186. The van der Waals surface area contributed by atoms with E-state index in [0.29, 0.717) is 0 Å². The third-order valence-corrected chi connectivity index (χ3v) is 6.86. The summed E-state index contributed by atoms with van der Waals surface area (Å²) in [4.78, 5) is 0. The minimum atomic E-state index is 0. The molecule has 0 saturated carbocycles. The van der Waals surface area contributed by atoms with Gasteiger partial charge in [-0.15, -0.1) is 69.1 Å². The number of hydrogen-bond donors (Lipinski definition) is 0. The second-order valence-electron chi connectivity index (χ2n) is 10.4. The summed E-state index contributed by atoms with van der Waals surface area (Å²) < 4.78 is 0. The average molecular weight is 558 g/mol. The normalized spacial score (nSPS) is 10.8. The molecule has 0 unspecified atom stereocenters. The fourth-order valence-electron chi connectivity index (χ4n) is 5.53. The molecule has 182 valence electrons. The fraction of sp³-hybridized carbons (Fsp3) is 0.167. The summed E-state index contributed by atoms with van der Waals surface area (Å²) in [5.74, 6) is 0. The standard InChI is InChI=1S/2C18H17.Zr/c2*1-12-7-13(2)10-16(9-12)17-6-4-5-15-8-14(3)11-18(15)17;/h2*4-11H,1-3H3;/q2*-1;+2. The molecular formula is C36H34Zr. The zero-order valence-electron chi connectivity index (χ0n) is 22.7. The maximum atomic E-state index is 2.28. The summed E-state index contributed by atoms with van der Waals surface area (Å²) in [6.45, 7) is 13.0.